The minimum Gasteiger partial charge on any atom is -0.353 e. The number of piperazine rings is 1. The lowest BCUT2D eigenvalue weighted by molar-refractivity contribution is -0.138. The number of nitrogens with zero attached hydrogens (tertiary/aromatic N) is 3. The molecule has 122 valence electrons. The lowest BCUT2D eigenvalue weighted by atomic mass is 10.1. The number of pyridine rings is 1. The van der Waals surface area contributed by atoms with Crippen LogP contribution < -0.4 is 4.90 Å². The van der Waals surface area contributed by atoms with Gasteiger partial charge in [0, 0.05) is 38.8 Å². The van der Waals surface area contributed by atoms with E-state index in [1.165, 1.54) is 6.07 Å². The molecule has 0 aromatic carbocycles. The number of carbonyl (C=O) groups is 1. The number of aromatic nitrogens is 1. The molecule has 1 aromatic heterocycles. The molecule has 1 fully saturated rings. The Morgan fingerprint density at radius 3 is 2.32 bits per heavy atom. The number of anilines is 1. The molecule has 2 heterocycles. The average molecular weight is 315 g/mol. The molecule has 1 amide bonds. The summed E-state index contributed by atoms with van der Waals surface area (Å²) >= 11 is 0. The quantitative estimate of drug-likeness (QED) is 0.860. The first-order valence-electron chi connectivity index (χ1n) is 7.33. The van der Waals surface area contributed by atoms with Gasteiger partial charge in [0.05, 0.1) is 5.56 Å². The van der Waals surface area contributed by atoms with Gasteiger partial charge in [-0.05, 0) is 18.1 Å². The van der Waals surface area contributed by atoms with Crippen molar-refractivity contribution in [3.8, 4) is 0 Å². The Bertz CT molecular complexity index is 506. The molecular weight excluding hydrogens is 295 g/mol. The third-order valence-corrected chi connectivity index (χ3v) is 3.61. The van der Waals surface area contributed by atoms with Crippen molar-refractivity contribution in [2.24, 2.45) is 5.92 Å². The zero-order valence-corrected chi connectivity index (χ0v) is 12.7. The maximum atomic E-state index is 12.5. The van der Waals surface area contributed by atoms with Crippen LogP contribution in [0.25, 0.3) is 0 Å². The van der Waals surface area contributed by atoms with Crippen molar-refractivity contribution < 1.29 is 18.0 Å². The smallest absolute Gasteiger partial charge is 0.353 e. The van der Waals surface area contributed by atoms with E-state index in [0.29, 0.717) is 44.3 Å². The van der Waals surface area contributed by atoms with Crippen LogP contribution in [0.2, 0.25) is 0 Å². The maximum Gasteiger partial charge on any atom is 0.417 e. The van der Waals surface area contributed by atoms with Gasteiger partial charge in [-0.3, -0.25) is 4.79 Å². The van der Waals surface area contributed by atoms with Crippen molar-refractivity contribution in [2.75, 3.05) is 31.1 Å². The SMILES string of the molecule is CC(C)CC(=O)N1CCN(c2ccc(C(F)(F)F)cn2)CC1. The molecule has 22 heavy (non-hydrogen) atoms. The second kappa shape index (κ2) is 6.54. The monoisotopic (exact) mass is 315 g/mol. The highest BCUT2D eigenvalue weighted by atomic mass is 19.4. The van der Waals surface area contributed by atoms with Crippen LogP contribution in [0.1, 0.15) is 25.8 Å². The number of amides is 1. The first kappa shape index (κ1) is 16.6. The molecule has 0 saturated carbocycles. The molecule has 0 spiro atoms. The third-order valence-electron chi connectivity index (χ3n) is 3.61. The fourth-order valence-corrected chi connectivity index (χ4v) is 2.40. The predicted molar refractivity (Wildman–Crippen MR) is 77.5 cm³/mol. The second-order valence-electron chi connectivity index (χ2n) is 5.87. The molecule has 0 aliphatic carbocycles. The molecule has 0 atom stereocenters. The molecule has 0 radical (unpaired) electrons. The van der Waals surface area contributed by atoms with E-state index >= 15 is 0 Å². The lowest BCUT2D eigenvalue weighted by Gasteiger charge is -2.35. The van der Waals surface area contributed by atoms with E-state index in [-0.39, 0.29) is 5.91 Å². The molecule has 0 unspecified atom stereocenters. The van der Waals surface area contributed by atoms with Crippen molar-refractivity contribution in [1.82, 2.24) is 9.88 Å². The standard InChI is InChI=1S/C15H20F3N3O/c1-11(2)9-14(22)21-7-5-20(6-8-21)13-4-3-12(10-19-13)15(16,17)18/h3-4,10-11H,5-9H2,1-2H3. The minimum atomic E-state index is -4.37. The molecule has 7 heteroatoms. The van der Waals surface area contributed by atoms with Gasteiger partial charge in [0.1, 0.15) is 5.82 Å². The van der Waals surface area contributed by atoms with Gasteiger partial charge in [-0.15, -0.1) is 0 Å². The maximum absolute atomic E-state index is 12.5. The van der Waals surface area contributed by atoms with E-state index in [4.69, 9.17) is 0 Å². The van der Waals surface area contributed by atoms with Gasteiger partial charge in [0.2, 0.25) is 5.91 Å². The summed E-state index contributed by atoms with van der Waals surface area (Å²) in [6, 6.07) is 2.42. The predicted octanol–water partition coefficient (Wildman–Crippen LogP) is 2.80. The second-order valence-corrected chi connectivity index (χ2v) is 5.87. The summed E-state index contributed by atoms with van der Waals surface area (Å²) in [4.78, 5) is 19.6. The number of rotatable bonds is 3. The van der Waals surface area contributed by atoms with E-state index in [9.17, 15) is 18.0 Å². The Hall–Kier alpha value is -1.79. The lowest BCUT2D eigenvalue weighted by Crippen LogP contribution is -2.49. The molecule has 1 aliphatic rings. The topological polar surface area (TPSA) is 36.4 Å². The summed E-state index contributed by atoms with van der Waals surface area (Å²) in [7, 11) is 0. The van der Waals surface area contributed by atoms with Crippen LogP contribution in [-0.2, 0) is 11.0 Å². The van der Waals surface area contributed by atoms with Crippen LogP contribution >= 0.6 is 0 Å². The third kappa shape index (κ3) is 4.11. The van der Waals surface area contributed by atoms with Crippen LogP contribution in [0, 0.1) is 5.92 Å². The Morgan fingerprint density at radius 1 is 1.23 bits per heavy atom. The van der Waals surface area contributed by atoms with Crippen LogP contribution in [0.15, 0.2) is 18.3 Å². The number of hydrogen-bond donors (Lipinski definition) is 0. The molecule has 2 rings (SSSR count). The van der Waals surface area contributed by atoms with Gasteiger partial charge >= 0.3 is 6.18 Å². The van der Waals surface area contributed by atoms with Crippen LogP contribution in [-0.4, -0.2) is 42.0 Å². The van der Waals surface area contributed by atoms with Gasteiger partial charge in [0.15, 0.2) is 0 Å². The number of carbonyl (C=O) groups excluding carboxylic acids is 1. The molecule has 1 aliphatic heterocycles. The van der Waals surface area contributed by atoms with Crippen LogP contribution in [0.3, 0.4) is 0 Å². The Balaban J connectivity index is 1.93. The van der Waals surface area contributed by atoms with Gasteiger partial charge in [-0.1, -0.05) is 13.8 Å². The average Bonchev–Trinajstić information content (AvgIpc) is 2.46. The summed E-state index contributed by atoms with van der Waals surface area (Å²) in [5.41, 5.74) is -0.748. The molecule has 1 saturated heterocycles. The first-order chi connectivity index (χ1) is 10.3. The van der Waals surface area contributed by atoms with Crippen LogP contribution in [0.5, 0.6) is 0 Å². The molecule has 1 aromatic rings. The van der Waals surface area contributed by atoms with Crippen molar-refractivity contribution in [3.63, 3.8) is 0 Å². The number of halogens is 3. The van der Waals surface area contributed by atoms with E-state index in [0.717, 1.165) is 12.3 Å². The van der Waals surface area contributed by atoms with Gasteiger partial charge in [-0.25, -0.2) is 4.98 Å². The first-order valence-corrected chi connectivity index (χ1v) is 7.33. The van der Waals surface area contributed by atoms with Crippen molar-refractivity contribution in [2.45, 2.75) is 26.4 Å². The summed E-state index contributed by atoms with van der Waals surface area (Å²) in [5, 5.41) is 0. The molecular formula is C15H20F3N3O. The zero-order valence-electron chi connectivity index (χ0n) is 12.7. The van der Waals surface area contributed by atoms with E-state index in [1.807, 2.05) is 18.7 Å². The van der Waals surface area contributed by atoms with Gasteiger partial charge in [0.25, 0.3) is 0 Å². The fraction of sp³-hybridized carbons (Fsp3) is 0.600. The molecule has 0 N–H and O–H groups in total. The molecule has 0 bridgehead atoms. The van der Waals surface area contributed by atoms with Crippen molar-refractivity contribution >= 4 is 11.7 Å². The highest BCUT2D eigenvalue weighted by molar-refractivity contribution is 5.76. The minimum absolute atomic E-state index is 0.134. The normalized spacial score (nSPS) is 16.3. The van der Waals surface area contributed by atoms with Gasteiger partial charge < -0.3 is 9.80 Å². The van der Waals surface area contributed by atoms with Crippen LogP contribution in [0.4, 0.5) is 19.0 Å². The molecule has 4 nitrogen and oxygen atoms in total. The summed E-state index contributed by atoms with van der Waals surface area (Å²) in [6.07, 6.45) is -2.99. The highest BCUT2D eigenvalue weighted by Gasteiger charge is 2.31. The highest BCUT2D eigenvalue weighted by Crippen LogP contribution is 2.29. The fourth-order valence-electron chi connectivity index (χ4n) is 2.40. The van der Waals surface area contributed by atoms with E-state index in [2.05, 4.69) is 4.98 Å². The Labute approximate surface area is 127 Å². The summed E-state index contributed by atoms with van der Waals surface area (Å²) < 4.78 is 37.5. The Morgan fingerprint density at radius 2 is 1.86 bits per heavy atom. The number of hydrogen-bond acceptors (Lipinski definition) is 3. The van der Waals surface area contributed by atoms with E-state index < -0.39 is 11.7 Å². The van der Waals surface area contributed by atoms with Gasteiger partial charge in [-0.2, -0.15) is 13.2 Å². The Kier molecular flexibility index (Phi) is 4.93. The summed E-state index contributed by atoms with van der Waals surface area (Å²) in [5.74, 6) is 0.973. The zero-order chi connectivity index (χ0) is 16.3. The number of alkyl halides is 3. The largest absolute Gasteiger partial charge is 0.417 e. The summed E-state index contributed by atoms with van der Waals surface area (Å²) in [6.45, 7) is 6.33. The van der Waals surface area contributed by atoms with E-state index in [1.54, 1.807) is 4.90 Å². The van der Waals surface area contributed by atoms with Crippen molar-refractivity contribution in [3.05, 3.63) is 23.9 Å². The van der Waals surface area contributed by atoms with Crippen molar-refractivity contribution in [1.29, 1.82) is 0 Å².